The average molecular weight is 513 g/mol. The summed E-state index contributed by atoms with van der Waals surface area (Å²) >= 11 is 0. The number of rotatable bonds is 11. The first-order valence-electron chi connectivity index (χ1n) is 13.2. The van der Waals surface area contributed by atoms with Crippen molar-refractivity contribution in [3.05, 3.63) is 95.6 Å². The van der Waals surface area contributed by atoms with Crippen LogP contribution in [-0.4, -0.2) is 47.2 Å². The minimum absolute atomic E-state index is 0.0661. The van der Waals surface area contributed by atoms with Gasteiger partial charge in [-0.2, -0.15) is 0 Å². The molecule has 0 unspecified atom stereocenters. The van der Waals surface area contributed by atoms with Crippen LogP contribution in [0.25, 0.3) is 11.1 Å². The molecule has 0 aromatic heterocycles. The maximum atomic E-state index is 13.6. The quantitative estimate of drug-likeness (QED) is 0.368. The van der Waals surface area contributed by atoms with Gasteiger partial charge >= 0.3 is 12.1 Å². The van der Waals surface area contributed by atoms with Crippen LogP contribution in [0, 0.1) is 5.92 Å². The summed E-state index contributed by atoms with van der Waals surface area (Å²) in [6.45, 7) is 0.508. The normalized spacial score (nSPS) is 14.7. The molecule has 1 saturated carbocycles. The molecule has 1 fully saturated rings. The maximum absolute atomic E-state index is 13.6. The van der Waals surface area contributed by atoms with Gasteiger partial charge < -0.3 is 20.1 Å². The number of benzene rings is 3. The molecule has 0 bridgehead atoms. The van der Waals surface area contributed by atoms with Crippen molar-refractivity contribution in [1.29, 1.82) is 0 Å². The van der Waals surface area contributed by atoms with E-state index in [1.54, 1.807) is 0 Å². The number of carboxylic acids is 1. The highest BCUT2D eigenvalue weighted by atomic mass is 16.5. The lowest BCUT2D eigenvalue weighted by molar-refractivity contribution is -0.139. The van der Waals surface area contributed by atoms with E-state index in [0.29, 0.717) is 12.3 Å². The number of carboxylic acid groups (broad SMARTS) is 1. The molecule has 2 aliphatic rings. The Hall–Kier alpha value is -4.13. The topological polar surface area (TPSA) is 95.9 Å². The van der Waals surface area contributed by atoms with Gasteiger partial charge in [0.15, 0.2) is 0 Å². The molecule has 38 heavy (non-hydrogen) atoms. The number of amides is 2. The summed E-state index contributed by atoms with van der Waals surface area (Å²) in [7, 11) is 0. The third kappa shape index (κ3) is 6.05. The van der Waals surface area contributed by atoms with Gasteiger partial charge in [0.2, 0.25) is 5.91 Å². The van der Waals surface area contributed by atoms with E-state index in [4.69, 9.17) is 4.74 Å². The molecule has 5 rings (SSSR count). The van der Waals surface area contributed by atoms with Gasteiger partial charge in [0, 0.05) is 19.0 Å². The van der Waals surface area contributed by atoms with Crippen molar-refractivity contribution in [3.63, 3.8) is 0 Å². The predicted molar refractivity (Wildman–Crippen MR) is 143 cm³/mol. The summed E-state index contributed by atoms with van der Waals surface area (Å²) in [5.41, 5.74) is 5.44. The van der Waals surface area contributed by atoms with E-state index < -0.39 is 18.1 Å². The molecule has 2 aliphatic carbocycles. The van der Waals surface area contributed by atoms with Crippen LogP contribution in [0.2, 0.25) is 0 Å². The Labute approximate surface area is 222 Å². The fourth-order valence-electron chi connectivity index (χ4n) is 5.21. The Morgan fingerprint density at radius 1 is 0.895 bits per heavy atom. The number of nitrogens with one attached hydrogen (secondary N) is 1. The minimum atomic E-state index is -0.973. The molecule has 0 aliphatic heterocycles. The molecule has 2 N–H and O–H groups in total. The van der Waals surface area contributed by atoms with Crippen molar-refractivity contribution >= 4 is 18.0 Å². The number of fused-ring (bicyclic) bond motifs is 3. The van der Waals surface area contributed by atoms with Gasteiger partial charge in [0.25, 0.3) is 0 Å². The maximum Gasteiger partial charge on any atom is 0.407 e. The van der Waals surface area contributed by atoms with Gasteiger partial charge in [0.05, 0.1) is 6.42 Å². The predicted octanol–water partition coefficient (Wildman–Crippen LogP) is 5.20. The molecular weight excluding hydrogens is 480 g/mol. The zero-order chi connectivity index (χ0) is 26.5. The summed E-state index contributed by atoms with van der Waals surface area (Å²) < 4.78 is 5.70. The Morgan fingerprint density at radius 3 is 2.11 bits per heavy atom. The van der Waals surface area contributed by atoms with Crippen LogP contribution in [0.4, 0.5) is 4.79 Å². The van der Waals surface area contributed by atoms with Crippen molar-refractivity contribution in [2.45, 2.75) is 44.2 Å². The third-order valence-corrected chi connectivity index (χ3v) is 7.32. The van der Waals surface area contributed by atoms with E-state index in [-0.39, 0.29) is 37.9 Å². The first-order chi connectivity index (χ1) is 18.5. The van der Waals surface area contributed by atoms with Gasteiger partial charge in [-0.15, -0.1) is 0 Å². The number of carbonyl (C=O) groups is 3. The highest BCUT2D eigenvalue weighted by Gasteiger charge is 2.34. The Bertz CT molecular complexity index is 1260. The van der Waals surface area contributed by atoms with Gasteiger partial charge in [0.1, 0.15) is 12.6 Å². The van der Waals surface area contributed by atoms with Crippen LogP contribution in [0.3, 0.4) is 0 Å². The fraction of sp³-hybridized carbons (Fsp3) is 0.323. The molecule has 0 heterocycles. The van der Waals surface area contributed by atoms with Crippen LogP contribution in [0.5, 0.6) is 0 Å². The van der Waals surface area contributed by atoms with Gasteiger partial charge in [-0.1, -0.05) is 91.7 Å². The first kappa shape index (κ1) is 25.5. The van der Waals surface area contributed by atoms with Crippen LogP contribution < -0.4 is 5.32 Å². The lowest BCUT2D eigenvalue weighted by atomic mass is 9.98. The Balaban J connectivity index is 1.27. The number of nitrogens with zero attached hydrogens (tertiary/aromatic N) is 1. The summed E-state index contributed by atoms with van der Waals surface area (Å²) in [5, 5.41) is 12.0. The van der Waals surface area contributed by atoms with Gasteiger partial charge in [-0.3, -0.25) is 9.59 Å². The molecule has 0 saturated heterocycles. The van der Waals surface area contributed by atoms with E-state index in [0.717, 1.165) is 40.7 Å². The lowest BCUT2D eigenvalue weighted by Gasteiger charge is -2.28. The molecule has 0 spiro atoms. The summed E-state index contributed by atoms with van der Waals surface area (Å²) in [4.78, 5) is 39.4. The Kier molecular flexibility index (Phi) is 7.73. The molecule has 3 aromatic carbocycles. The van der Waals surface area contributed by atoms with E-state index in [1.165, 1.54) is 4.90 Å². The largest absolute Gasteiger partial charge is 0.481 e. The van der Waals surface area contributed by atoms with Crippen LogP contribution in [0.15, 0.2) is 78.9 Å². The van der Waals surface area contributed by atoms with Crippen molar-refractivity contribution in [3.8, 4) is 11.1 Å². The number of hydrogen-bond donors (Lipinski definition) is 2. The average Bonchev–Trinajstić information content (AvgIpc) is 3.70. The highest BCUT2D eigenvalue weighted by Crippen LogP contribution is 2.44. The molecule has 1 atom stereocenters. The second kappa shape index (κ2) is 11.5. The SMILES string of the molecule is O=C(O)CCN(Cc1ccccc1)C(=O)[C@H](CC1CC1)NC(=O)OCC1c2ccccc2-c2ccccc21. The van der Waals surface area contributed by atoms with Crippen LogP contribution in [0.1, 0.15) is 48.3 Å². The van der Waals surface area contributed by atoms with Gasteiger partial charge in [-0.25, -0.2) is 4.79 Å². The van der Waals surface area contributed by atoms with Crippen molar-refractivity contribution in [2.24, 2.45) is 5.92 Å². The van der Waals surface area contributed by atoms with E-state index in [9.17, 15) is 19.5 Å². The second-order valence-electron chi connectivity index (χ2n) is 10.1. The molecule has 196 valence electrons. The molecule has 2 amide bonds. The number of alkyl carbamates (subject to hydrolysis) is 1. The van der Waals surface area contributed by atoms with Gasteiger partial charge in [-0.05, 0) is 40.2 Å². The monoisotopic (exact) mass is 512 g/mol. The van der Waals surface area contributed by atoms with E-state index in [1.807, 2.05) is 54.6 Å². The molecule has 0 radical (unpaired) electrons. The number of aliphatic carboxylic acids is 1. The molecule has 7 nitrogen and oxygen atoms in total. The number of ether oxygens (including phenoxy) is 1. The zero-order valence-electron chi connectivity index (χ0n) is 21.2. The lowest BCUT2D eigenvalue weighted by Crippen LogP contribution is -2.49. The second-order valence-corrected chi connectivity index (χ2v) is 10.1. The van der Waals surface area contributed by atoms with E-state index >= 15 is 0 Å². The smallest absolute Gasteiger partial charge is 0.407 e. The standard InChI is InChI=1S/C31H32N2O5/c34-29(35)16-17-33(19-22-8-2-1-3-9-22)30(36)28(18-21-14-15-21)32-31(37)38-20-27-25-12-6-4-10-23(25)24-11-5-7-13-26(24)27/h1-13,21,27-28H,14-20H2,(H,32,37)(H,34,35)/t28-/m0/s1. The minimum Gasteiger partial charge on any atom is -0.481 e. The number of hydrogen-bond acceptors (Lipinski definition) is 4. The van der Waals surface area contributed by atoms with Crippen LogP contribution in [-0.2, 0) is 20.9 Å². The zero-order valence-corrected chi connectivity index (χ0v) is 21.2. The molecular formula is C31H32N2O5. The van der Waals surface area contributed by atoms with Crippen molar-refractivity contribution in [1.82, 2.24) is 10.2 Å². The first-order valence-corrected chi connectivity index (χ1v) is 13.2. The molecule has 3 aromatic rings. The summed E-state index contributed by atoms with van der Waals surface area (Å²) in [5.74, 6) is -0.957. The molecule has 7 heteroatoms. The summed E-state index contributed by atoms with van der Waals surface area (Å²) in [6.07, 6.45) is 1.75. The van der Waals surface area contributed by atoms with Crippen molar-refractivity contribution < 1.29 is 24.2 Å². The summed E-state index contributed by atoms with van der Waals surface area (Å²) in [6, 6.07) is 24.9. The fourth-order valence-corrected chi connectivity index (χ4v) is 5.21. The van der Waals surface area contributed by atoms with Crippen molar-refractivity contribution in [2.75, 3.05) is 13.2 Å². The number of carbonyl (C=O) groups excluding carboxylic acids is 2. The third-order valence-electron chi connectivity index (χ3n) is 7.32. The van der Waals surface area contributed by atoms with E-state index in [2.05, 4.69) is 29.6 Å². The highest BCUT2D eigenvalue weighted by molar-refractivity contribution is 5.86. The van der Waals surface area contributed by atoms with Crippen LogP contribution >= 0.6 is 0 Å². The Morgan fingerprint density at radius 2 is 1.50 bits per heavy atom.